The lowest BCUT2D eigenvalue weighted by Gasteiger charge is -2.35. The highest BCUT2D eigenvalue weighted by Gasteiger charge is 2.40. The number of hydrogen-bond acceptors (Lipinski definition) is 2. The van der Waals surface area contributed by atoms with Gasteiger partial charge in [0.25, 0.3) is 0 Å². The summed E-state index contributed by atoms with van der Waals surface area (Å²) in [5.74, 6) is -1.06. The van der Waals surface area contributed by atoms with Crippen LogP contribution in [-0.4, -0.2) is 19.0 Å². The summed E-state index contributed by atoms with van der Waals surface area (Å²) in [5, 5.41) is -0.0293. The molecule has 0 saturated heterocycles. The zero-order valence-corrected chi connectivity index (χ0v) is 15.2. The van der Waals surface area contributed by atoms with Crippen LogP contribution in [0.5, 0.6) is 0 Å². The maximum absolute atomic E-state index is 14.3. The SMILES string of the molecule is O=S1(=O)C(CCCBr)Cc2cc(F)ccc2N1c1ccccc1F. The predicted octanol–water partition coefficient (Wildman–Crippen LogP) is 4.53. The van der Waals surface area contributed by atoms with Gasteiger partial charge in [-0.1, -0.05) is 28.1 Å². The zero-order chi connectivity index (χ0) is 17.3. The van der Waals surface area contributed by atoms with E-state index in [2.05, 4.69) is 15.9 Å². The van der Waals surface area contributed by atoms with Gasteiger partial charge in [0.05, 0.1) is 16.6 Å². The quantitative estimate of drug-likeness (QED) is 0.687. The summed E-state index contributed by atoms with van der Waals surface area (Å²) in [4.78, 5) is 0. The Balaban J connectivity index is 2.19. The largest absolute Gasteiger partial charge is 0.242 e. The maximum Gasteiger partial charge on any atom is 0.242 e. The number of rotatable bonds is 4. The van der Waals surface area contributed by atoms with Crippen LogP contribution < -0.4 is 4.31 Å². The first kappa shape index (κ1) is 17.4. The van der Waals surface area contributed by atoms with Gasteiger partial charge in [-0.15, -0.1) is 0 Å². The molecule has 0 N–H and O–H groups in total. The summed E-state index contributed by atoms with van der Waals surface area (Å²) in [6.45, 7) is 0. The molecule has 2 aromatic carbocycles. The molecule has 3 rings (SSSR count). The van der Waals surface area contributed by atoms with Crippen LogP contribution >= 0.6 is 15.9 Å². The van der Waals surface area contributed by atoms with Crippen molar-refractivity contribution in [3.63, 3.8) is 0 Å². The van der Waals surface area contributed by atoms with E-state index in [1.54, 1.807) is 6.07 Å². The van der Waals surface area contributed by atoms with Crippen LogP contribution in [0.25, 0.3) is 0 Å². The van der Waals surface area contributed by atoms with Crippen LogP contribution in [-0.2, 0) is 16.4 Å². The van der Waals surface area contributed by atoms with E-state index in [0.717, 1.165) is 4.31 Å². The van der Waals surface area contributed by atoms with Crippen molar-refractivity contribution in [2.45, 2.75) is 24.5 Å². The van der Waals surface area contributed by atoms with E-state index in [4.69, 9.17) is 0 Å². The van der Waals surface area contributed by atoms with Crippen molar-refractivity contribution in [2.75, 3.05) is 9.64 Å². The molecule has 2 aromatic rings. The Labute approximate surface area is 148 Å². The van der Waals surface area contributed by atoms with Gasteiger partial charge in [-0.2, -0.15) is 0 Å². The van der Waals surface area contributed by atoms with E-state index in [-0.39, 0.29) is 12.1 Å². The number of sulfonamides is 1. The predicted molar refractivity (Wildman–Crippen MR) is 94.4 cm³/mol. The van der Waals surface area contributed by atoms with Crippen molar-refractivity contribution in [1.29, 1.82) is 0 Å². The molecule has 128 valence electrons. The molecular weight excluding hydrogens is 400 g/mol. The average Bonchev–Trinajstić information content (AvgIpc) is 2.54. The Kier molecular flexibility index (Phi) is 4.92. The third kappa shape index (κ3) is 3.07. The second-order valence-electron chi connectivity index (χ2n) is 5.69. The number of nitrogens with zero attached hydrogens (tertiary/aromatic N) is 1. The van der Waals surface area contributed by atoms with Gasteiger partial charge in [-0.05, 0) is 55.2 Å². The van der Waals surface area contributed by atoms with E-state index < -0.39 is 26.9 Å². The van der Waals surface area contributed by atoms with Crippen molar-refractivity contribution in [1.82, 2.24) is 0 Å². The fraction of sp³-hybridized carbons (Fsp3) is 0.294. The monoisotopic (exact) mass is 415 g/mol. The van der Waals surface area contributed by atoms with Gasteiger partial charge in [0.15, 0.2) is 0 Å². The fourth-order valence-electron chi connectivity index (χ4n) is 2.99. The fourth-order valence-corrected chi connectivity index (χ4v) is 5.34. The molecule has 1 unspecified atom stereocenters. The van der Waals surface area contributed by atoms with E-state index in [9.17, 15) is 17.2 Å². The molecule has 3 nitrogen and oxygen atoms in total. The number of alkyl halides is 1. The zero-order valence-electron chi connectivity index (χ0n) is 12.8. The Hall–Kier alpha value is -1.47. The van der Waals surface area contributed by atoms with Crippen LogP contribution in [0.2, 0.25) is 0 Å². The number of anilines is 2. The summed E-state index contributed by atoms with van der Waals surface area (Å²) in [6, 6.07) is 9.65. The molecule has 0 aliphatic carbocycles. The molecule has 1 aliphatic heterocycles. The third-order valence-corrected chi connectivity index (χ3v) is 6.82. The summed E-state index contributed by atoms with van der Waals surface area (Å²) in [6.07, 6.45) is 1.32. The molecule has 7 heteroatoms. The minimum Gasteiger partial charge on any atom is -0.235 e. The van der Waals surface area contributed by atoms with Crippen molar-refractivity contribution < 1.29 is 17.2 Å². The lowest BCUT2D eigenvalue weighted by atomic mass is 10.0. The highest BCUT2D eigenvalue weighted by Crippen LogP contribution is 2.41. The molecule has 0 spiro atoms. The second-order valence-corrected chi connectivity index (χ2v) is 8.55. The standard InChI is InChI=1S/C17H16BrF2NO2S/c18-9-3-4-14-11-12-10-13(19)7-8-16(12)21(24(14,22)23)17-6-2-1-5-15(17)20/h1-2,5-8,10,14H,3-4,9,11H2. The van der Waals surface area contributed by atoms with Gasteiger partial charge in [0.1, 0.15) is 11.6 Å². The summed E-state index contributed by atoms with van der Waals surface area (Å²) in [5.41, 5.74) is 0.859. The Morgan fingerprint density at radius 2 is 1.88 bits per heavy atom. The number of para-hydroxylation sites is 1. The third-order valence-electron chi connectivity index (χ3n) is 4.11. The van der Waals surface area contributed by atoms with Crippen molar-refractivity contribution in [3.8, 4) is 0 Å². The van der Waals surface area contributed by atoms with Crippen molar-refractivity contribution >= 4 is 37.3 Å². The van der Waals surface area contributed by atoms with Gasteiger partial charge in [0.2, 0.25) is 10.0 Å². The molecule has 0 radical (unpaired) electrons. The number of halogens is 3. The highest BCUT2D eigenvalue weighted by atomic mass is 79.9. The second kappa shape index (κ2) is 6.80. The Bertz CT molecular complexity index is 857. The van der Waals surface area contributed by atoms with Gasteiger partial charge in [-0.3, -0.25) is 0 Å². The summed E-state index contributed by atoms with van der Waals surface area (Å²) < 4.78 is 55.1. The molecule has 0 bridgehead atoms. The normalized spacial score (nSPS) is 19.1. The van der Waals surface area contributed by atoms with E-state index >= 15 is 0 Å². The highest BCUT2D eigenvalue weighted by molar-refractivity contribution is 9.09. The lowest BCUT2D eigenvalue weighted by molar-refractivity contribution is 0.559. The van der Waals surface area contributed by atoms with Crippen LogP contribution in [0.1, 0.15) is 18.4 Å². The smallest absolute Gasteiger partial charge is 0.235 e. The van der Waals surface area contributed by atoms with E-state index in [0.29, 0.717) is 29.4 Å². The first-order valence-electron chi connectivity index (χ1n) is 7.58. The lowest BCUT2D eigenvalue weighted by Crippen LogP contribution is -2.41. The molecule has 0 aromatic heterocycles. The van der Waals surface area contributed by atoms with Crippen molar-refractivity contribution in [2.24, 2.45) is 0 Å². The maximum atomic E-state index is 14.3. The van der Waals surface area contributed by atoms with Gasteiger partial charge in [0, 0.05) is 5.33 Å². The van der Waals surface area contributed by atoms with Crippen LogP contribution in [0.4, 0.5) is 20.2 Å². The summed E-state index contributed by atoms with van der Waals surface area (Å²) >= 11 is 3.30. The summed E-state index contributed by atoms with van der Waals surface area (Å²) in [7, 11) is -3.79. The average molecular weight is 416 g/mol. The Morgan fingerprint density at radius 3 is 2.58 bits per heavy atom. The molecule has 0 amide bonds. The Morgan fingerprint density at radius 1 is 1.12 bits per heavy atom. The first-order chi connectivity index (χ1) is 11.4. The molecular formula is C17H16BrF2NO2S. The van der Waals surface area contributed by atoms with Gasteiger partial charge in [-0.25, -0.2) is 21.5 Å². The van der Waals surface area contributed by atoms with E-state index in [1.807, 2.05) is 0 Å². The number of fused-ring (bicyclic) bond motifs is 1. The van der Waals surface area contributed by atoms with Crippen LogP contribution in [0, 0.1) is 11.6 Å². The van der Waals surface area contributed by atoms with Crippen molar-refractivity contribution in [3.05, 3.63) is 59.7 Å². The molecule has 1 atom stereocenters. The minimum atomic E-state index is -3.79. The first-order valence-corrected chi connectivity index (χ1v) is 10.2. The molecule has 24 heavy (non-hydrogen) atoms. The number of benzene rings is 2. The molecule has 1 aliphatic rings. The topological polar surface area (TPSA) is 37.4 Å². The van der Waals surface area contributed by atoms with Crippen LogP contribution in [0.15, 0.2) is 42.5 Å². The molecule has 0 saturated carbocycles. The molecule has 1 heterocycles. The van der Waals surface area contributed by atoms with E-state index in [1.165, 1.54) is 36.4 Å². The molecule has 0 fully saturated rings. The van der Waals surface area contributed by atoms with Gasteiger partial charge < -0.3 is 0 Å². The van der Waals surface area contributed by atoms with Gasteiger partial charge >= 0.3 is 0 Å². The van der Waals surface area contributed by atoms with Crippen LogP contribution in [0.3, 0.4) is 0 Å². The number of hydrogen-bond donors (Lipinski definition) is 0. The minimum absolute atomic E-state index is 0.0334.